The van der Waals surface area contributed by atoms with Crippen LogP contribution in [0.3, 0.4) is 0 Å². The molecule has 0 spiro atoms. The smallest absolute Gasteiger partial charge is 0.214 e. The predicted molar refractivity (Wildman–Crippen MR) is 110 cm³/mol. The predicted octanol–water partition coefficient (Wildman–Crippen LogP) is 2.78. The summed E-state index contributed by atoms with van der Waals surface area (Å²) in [5, 5.41) is 10.0. The second kappa shape index (κ2) is 6.71. The fourth-order valence-corrected chi connectivity index (χ4v) is 7.18. The summed E-state index contributed by atoms with van der Waals surface area (Å²) in [7, 11) is -3.15. The van der Waals surface area contributed by atoms with Gasteiger partial charge in [-0.1, -0.05) is 13.0 Å². The summed E-state index contributed by atoms with van der Waals surface area (Å²) in [6.45, 7) is 5.14. The monoisotopic (exact) mass is 404 g/mol. The van der Waals surface area contributed by atoms with Crippen LogP contribution >= 0.6 is 0 Å². The molecule has 4 aliphatic rings. The van der Waals surface area contributed by atoms with Crippen LogP contribution in [-0.4, -0.2) is 49.4 Å². The molecule has 0 aromatic heterocycles. The van der Waals surface area contributed by atoms with Crippen LogP contribution in [0.15, 0.2) is 18.2 Å². The number of likely N-dealkylation sites (tertiary alicyclic amines) is 1. The number of piperidine rings is 1. The number of sulfonamides is 1. The maximum atomic E-state index is 12.3. The summed E-state index contributed by atoms with van der Waals surface area (Å²) in [5.74, 6) is 1.66. The maximum absolute atomic E-state index is 12.3. The first kappa shape index (κ1) is 18.9. The summed E-state index contributed by atoms with van der Waals surface area (Å²) >= 11 is 0. The van der Waals surface area contributed by atoms with Crippen LogP contribution < -0.4 is 4.72 Å². The lowest BCUT2D eigenvalue weighted by atomic mass is 9.56. The Labute approximate surface area is 168 Å². The van der Waals surface area contributed by atoms with Gasteiger partial charge in [0.25, 0.3) is 0 Å². The highest BCUT2D eigenvalue weighted by molar-refractivity contribution is 7.90. The van der Waals surface area contributed by atoms with Crippen LogP contribution in [0.1, 0.15) is 56.6 Å². The molecule has 2 saturated carbocycles. The molecule has 1 saturated heterocycles. The van der Waals surface area contributed by atoms with Crippen molar-refractivity contribution in [2.45, 2.75) is 68.6 Å². The van der Waals surface area contributed by atoms with Gasteiger partial charge in [0.05, 0.1) is 5.25 Å². The van der Waals surface area contributed by atoms with E-state index in [1.165, 1.54) is 30.5 Å². The van der Waals surface area contributed by atoms with Gasteiger partial charge in [0, 0.05) is 24.5 Å². The molecule has 3 atom stereocenters. The summed E-state index contributed by atoms with van der Waals surface area (Å²) in [5.41, 5.74) is 2.54. The van der Waals surface area contributed by atoms with E-state index in [0.717, 1.165) is 44.6 Å². The van der Waals surface area contributed by atoms with Gasteiger partial charge in [0.2, 0.25) is 10.0 Å². The van der Waals surface area contributed by atoms with Crippen LogP contribution in [0.5, 0.6) is 5.75 Å². The lowest BCUT2D eigenvalue weighted by Crippen LogP contribution is -2.60. The second-order valence-electron chi connectivity index (χ2n) is 9.63. The number of nitrogens with zero attached hydrogens (tertiary/aromatic N) is 1. The first-order valence-corrected chi connectivity index (χ1v) is 12.5. The molecular weight excluding hydrogens is 372 g/mol. The second-order valence-corrected chi connectivity index (χ2v) is 11.7. The number of benzene rings is 1. The molecule has 1 aromatic rings. The maximum Gasteiger partial charge on any atom is 0.214 e. The number of phenols is 1. The number of aromatic hydroxyl groups is 1. The van der Waals surface area contributed by atoms with Gasteiger partial charge in [-0.3, -0.25) is 4.90 Å². The van der Waals surface area contributed by atoms with E-state index in [4.69, 9.17) is 0 Å². The van der Waals surface area contributed by atoms with Crippen LogP contribution in [0.25, 0.3) is 0 Å². The van der Waals surface area contributed by atoms with E-state index in [-0.39, 0.29) is 10.7 Å². The molecule has 1 unspecified atom stereocenters. The number of hydrogen-bond donors (Lipinski definition) is 2. The van der Waals surface area contributed by atoms with Gasteiger partial charge in [-0.25, -0.2) is 13.1 Å². The van der Waals surface area contributed by atoms with Crippen LogP contribution in [0, 0.1) is 11.8 Å². The summed E-state index contributed by atoms with van der Waals surface area (Å²) in [6, 6.07) is 6.37. The minimum Gasteiger partial charge on any atom is -0.508 e. The van der Waals surface area contributed by atoms with E-state index in [0.29, 0.717) is 24.3 Å². The van der Waals surface area contributed by atoms with E-state index in [9.17, 15) is 13.5 Å². The fourth-order valence-electron chi connectivity index (χ4n) is 5.80. The molecular formula is C22H32N2O3S. The van der Waals surface area contributed by atoms with Crippen LogP contribution in [0.2, 0.25) is 0 Å². The Morgan fingerprint density at radius 1 is 1.25 bits per heavy atom. The lowest BCUT2D eigenvalue weighted by Gasteiger charge is -2.56. The van der Waals surface area contributed by atoms with E-state index in [2.05, 4.69) is 22.6 Å². The van der Waals surface area contributed by atoms with Crippen LogP contribution in [0.4, 0.5) is 0 Å². The Kier molecular flexibility index (Phi) is 4.53. The van der Waals surface area contributed by atoms with E-state index in [1.54, 1.807) is 6.07 Å². The Balaban J connectivity index is 1.42. The fraction of sp³-hybridized carbons (Fsp3) is 0.727. The third kappa shape index (κ3) is 3.27. The van der Waals surface area contributed by atoms with Gasteiger partial charge >= 0.3 is 0 Å². The highest BCUT2D eigenvalue weighted by Gasteiger charge is 2.51. The molecule has 3 fully saturated rings. The number of fused-ring (bicyclic) bond motifs is 4. The molecule has 1 aromatic carbocycles. The normalized spacial score (nSPS) is 32.9. The van der Waals surface area contributed by atoms with Crippen molar-refractivity contribution in [1.29, 1.82) is 0 Å². The zero-order chi connectivity index (χ0) is 19.5. The molecule has 6 heteroatoms. The van der Waals surface area contributed by atoms with E-state index < -0.39 is 10.0 Å². The van der Waals surface area contributed by atoms with Crippen molar-refractivity contribution in [3.8, 4) is 5.75 Å². The third-order valence-electron chi connectivity index (χ3n) is 7.85. The molecule has 2 bridgehead atoms. The SMILES string of the molecule is C[C@H]1[C@H]2Cc3ccc(O)cc3C1(CCNS(=O)(=O)C1CC1)CCN2CC1CC1. The number of hydrogen-bond acceptors (Lipinski definition) is 4. The molecule has 0 amide bonds. The largest absolute Gasteiger partial charge is 0.508 e. The molecule has 1 heterocycles. The van der Waals surface area contributed by atoms with Crippen molar-refractivity contribution in [2.24, 2.45) is 11.8 Å². The van der Waals surface area contributed by atoms with Gasteiger partial charge in [-0.2, -0.15) is 0 Å². The molecule has 5 nitrogen and oxygen atoms in total. The lowest BCUT2D eigenvalue weighted by molar-refractivity contribution is 0.0164. The highest BCUT2D eigenvalue weighted by atomic mass is 32.2. The van der Waals surface area contributed by atoms with Crippen molar-refractivity contribution in [1.82, 2.24) is 9.62 Å². The van der Waals surface area contributed by atoms with Crippen LogP contribution in [-0.2, 0) is 21.9 Å². The van der Waals surface area contributed by atoms with Gasteiger partial charge in [-0.15, -0.1) is 0 Å². The average molecular weight is 405 g/mol. The third-order valence-corrected chi connectivity index (χ3v) is 9.80. The van der Waals surface area contributed by atoms with E-state index >= 15 is 0 Å². The Bertz CT molecular complexity index is 863. The molecule has 154 valence electrons. The summed E-state index contributed by atoms with van der Waals surface area (Å²) in [4.78, 5) is 2.70. The molecule has 2 N–H and O–H groups in total. The van der Waals surface area contributed by atoms with Crippen molar-refractivity contribution in [2.75, 3.05) is 19.6 Å². The zero-order valence-corrected chi connectivity index (χ0v) is 17.5. The summed E-state index contributed by atoms with van der Waals surface area (Å²) < 4.78 is 27.5. The topological polar surface area (TPSA) is 69.6 Å². The molecule has 5 rings (SSSR count). The molecule has 3 aliphatic carbocycles. The zero-order valence-electron chi connectivity index (χ0n) is 16.7. The Hall–Kier alpha value is -1.11. The number of phenolic OH excluding ortho intramolecular Hbond substituents is 1. The minimum absolute atomic E-state index is 0.0525. The summed E-state index contributed by atoms with van der Waals surface area (Å²) in [6.07, 6.45) is 7.23. The van der Waals surface area contributed by atoms with E-state index in [1.807, 2.05) is 6.07 Å². The quantitative estimate of drug-likeness (QED) is 0.733. The molecule has 28 heavy (non-hydrogen) atoms. The van der Waals surface area contributed by atoms with Crippen molar-refractivity contribution in [3.63, 3.8) is 0 Å². The van der Waals surface area contributed by atoms with Crippen molar-refractivity contribution in [3.05, 3.63) is 29.3 Å². The van der Waals surface area contributed by atoms with Crippen molar-refractivity contribution >= 4 is 10.0 Å². The highest BCUT2D eigenvalue weighted by Crippen LogP contribution is 2.52. The van der Waals surface area contributed by atoms with Gasteiger partial charge in [0.15, 0.2) is 0 Å². The number of rotatable bonds is 7. The van der Waals surface area contributed by atoms with Gasteiger partial charge in [-0.05, 0) is 86.6 Å². The van der Waals surface area contributed by atoms with Crippen molar-refractivity contribution < 1.29 is 13.5 Å². The molecule has 0 radical (unpaired) electrons. The molecule has 1 aliphatic heterocycles. The Morgan fingerprint density at radius 2 is 2.04 bits per heavy atom. The average Bonchev–Trinajstić information content (AvgIpc) is 3.53. The van der Waals surface area contributed by atoms with Gasteiger partial charge < -0.3 is 5.11 Å². The van der Waals surface area contributed by atoms with Gasteiger partial charge in [0.1, 0.15) is 5.75 Å². The minimum atomic E-state index is -3.15. The Morgan fingerprint density at radius 3 is 2.75 bits per heavy atom. The first-order chi connectivity index (χ1) is 13.4. The first-order valence-electron chi connectivity index (χ1n) is 10.9. The number of nitrogens with one attached hydrogen (secondary N) is 1. The standard InChI is InChI=1S/C22H32N2O3S/c1-15-21-12-17-4-5-18(25)13-20(17)22(15,9-11-24(21)14-16-2-3-16)8-10-23-28(26,27)19-6-7-19/h4-5,13,15-16,19,21,23,25H,2-3,6-12,14H2,1H3/t15-,21+,22?/m0/s1.